The van der Waals surface area contributed by atoms with Crippen molar-refractivity contribution < 1.29 is 0 Å². The highest BCUT2D eigenvalue weighted by Gasteiger charge is 2.13. The van der Waals surface area contributed by atoms with Crippen LogP contribution in [-0.2, 0) is 0 Å². The topological polar surface area (TPSA) is 24.1 Å². The molecule has 2 heteroatoms. The molecular formula is C18H36N2. The van der Waals surface area contributed by atoms with E-state index >= 15 is 0 Å². The third-order valence-electron chi connectivity index (χ3n) is 5.39. The number of unbranched alkanes of at least 4 members (excludes halogenated alkanes) is 5. The third-order valence-corrected chi connectivity index (χ3v) is 5.39. The summed E-state index contributed by atoms with van der Waals surface area (Å²) in [5.74, 6) is 2.08. The summed E-state index contributed by atoms with van der Waals surface area (Å²) in [7, 11) is 0. The van der Waals surface area contributed by atoms with Crippen molar-refractivity contribution in [3.63, 3.8) is 0 Å². The molecule has 0 aromatic heterocycles. The molecule has 2 rings (SSSR count). The zero-order valence-electron chi connectivity index (χ0n) is 13.5. The van der Waals surface area contributed by atoms with Gasteiger partial charge in [0, 0.05) is 0 Å². The van der Waals surface area contributed by atoms with E-state index < -0.39 is 0 Å². The van der Waals surface area contributed by atoms with E-state index in [-0.39, 0.29) is 0 Å². The number of piperidine rings is 2. The quantitative estimate of drug-likeness (QED) is 0.621. The molecule has 2 aliphatic rings. The maximum atomic E-state index is 3.46. The highest BCUT2D eigenvalue weighted by Crippen LogP contribution is 2.21. The van der Waals surface area contributed by atoms with Gasteiger partial charge >= 0.3 is 0 Å². The van der Waals surface area contributed by atoms with Gasteiger partial charge in [0.25, 0.3) is 0 Å². The average molecular weight is 280 g/mol. The SMILES string of the molecule is C(CCCCC1CCNCC1)CCCC1CCNCC1. The molecule has 2 fully saturated rings. The molecule has 0 saturated carbocycles. The maximum absolute atomic E-state index is 3.46. The minimum atomic E-state index is 1.04. The Labute approximate surface area is 126 Å². The van der Waals surface area contributed by atoms with Crippen LogP contribution in [0, 0.1) is 11.8 Å². The van der Waals surface area contributed by atoms with E-state index in [9.17, 15) is 0 Å². The molecule has 0 spiro atoms. The number of hydrogen-bond donors (Lipinski definition) is 2. The van der Waals surface area contributed by atoms with E-state index in [0.29, 0.717) is 0 Å². The molecule has 0 unspecified atom stereocenters. The Balaban J connectivity index is 1.33. The standard InChI is InChI=1S/C18H36N2/c1(3-5-7-17-9-13-19-14-10-17)2-4-6-8-18-11-15-20-16-12-18/h17-20H,1-16H2. The summed E-state index contributed by atoms with van der Waals surface area (Å²) in [5, 5.41) is 6.93. The van der Waals surface area contributed by atoms with Gasteiger partial charge in [0.1, 0.15) is 0 Å². The first-order chi connectivity index (χ1) is 9.95. The zero-order chi connectivity index (χ0) is 13.9. The fraction of sp³-hybridized carbons (Fsp3) is 1.00. The molecule has 2 N–H and O–H groups in total. The lowest BCUT2D eigenvalue weighted by atomic mass is 9.91. The van der Waals surface area contributed by atoms with E-state index in [4.69, 9.17) is 0 Å². The fourth-order valence-corrected chi connectivity index (χ4v) is 3.91. The van der Waals surface area contributed by atoms with Crippen molar-refractivity contribution in [1.29, 1.82) is 0 Å². The monoisotopic (exact) mass is 280 g/mol. The summed E-state index contributed by atoms with van der Waals surface area (Å²) in [5.41, 5.74) is 0. The summed E-state index contributed by atoms with van der Waals surface area (Å²) >= 11 is 0. The fourth-order valence-electron chi connectivity index (χ4n) is 3.91. The lowest BCUT2D eigenvalue weighted by molar-refractivity contribution is 0.336. The molecule has 0 aromatic rings. The van der Waals surface area contributed by atoms with Gasteiger partial charge in [-0.1, -0.05) is 51.4 Å². The smallest absolute Gasteiger partial charge is 0.00463 e. The summed E-state index contributed by atoms with van der Waals surface area (Å²) in [6.07, 6.45) is 17.6. The van der Waals surface area contributed by atoms with Crippen LogP contribution in [0.2, 0.25) is 0 Å². The Morgan fingerprint density at radius 2 is 0.850 bits per heavy atom. The maximum Gasteiger partial charge on any atom is -0.00463 e. The van der Waals surface area contributed by atoms with Gasteiger partial charge in [-0.2, -0.15) is 0 Å². The minimum absolute atomic E-state index is 1.04. The Morgan fingerprint density at radius 3 is 1.25 bits per heavy atom. The Morgan fingerprint density at radius 1 is 0.500 bits per heavy atom. The van der Waals surface area contributed by atoms with E-state index in [1.165, 1.54) is 103 Å². The van der Waals surface area contributed by atoms with Crippen molar-refractivity contribution in [2.75, 3.05) is 26.2 Å². The third kappa shape index (κ3) is 7.08. The predicted octanol–water partition coefficient (Wildman–Crippen LogP) is 4.11. The van der Waals surface area contributed by atoms with Gasteiger partial charge in [-0.15, -0.1) is 0 Å². The second-order valence-electron chi connectivity index (χ2n) is 7.09. The van der Waals surface area contributed by atoms with Gasteiger partial charge in [0.2, 0.25) is 0 Å². The molecule has 2 aliphatic heterocycles. The van der Waals surface area contributed by atoms with Crippen LogP contribution in [0.15, 0.2) is 0 Å². The van der Waals surface area contributed by atoms with Crippen molar-refractivity contribution >= 4 is 0 Å². The van der Waals surface area contributed by atoms with Crippen molar-refractivity contribution in [1.82, 2.24) is 10.6 Å². The van der Waals surface area contributed by atoms with E-state index in [2.05, 4.69) is 10.6 Å². The molecule has 2 saturated heterocycles. The Bertz CT molecular complexity index is 193. The van der Waals surface area contributed by atoms with Gasteiger partial charge in [-0.25, -0.2) is 0 Å². The summed E-state index contributed by atoms with van der Waals surface area (Å²) in [6.45, 7) is 5.06. The van der Waals surface area contributed by atoms with Crippen LogP contribution in [0.4, 0.5) is 0 Å². The highest BCUT2D eigenvalue weighted by molar-refractivity contribution is 4.69. The largest absolute Gasteiger partial charge is 0.317 e. The van der Waals surface area contributed by atoms with E-state index in [0.717, 1.165) is 11.8 Å². The number of hydrogen-bond acceptors (Lipinski definition) is 2. The Kier molecular flexibility index (Phi) is 8.65. The van der Waals surface area contributed by atoms with Gasteiger partial charge in [0.05, 0.1) is 0 Å². The molecule has 118 valence electrons. The van der Waals surface area contributed by atoms with E-state index in [1.807, 2.05) is 0 Å². The number of rotatable bonds is 9. The Hall–Kier alpha value is -0.0800. The summed E-state index contributed by atoms with van der Waals surface area (Å²) in [4.78, 5) is 0. The lowest BCUT2D eigenvalue weighted by Gasteiger charge is -2.22. The van der Waals surface area contributed by atoms with Gasteiger partial charge in [-0.05, 0) is 63.7 Å². The first-order valence-electron chi connectivity index (χ1n) is 9.36. The van der Waals surface area contributed by atoms with Gasteiger partial charge in [-0.3, -0.25) is 0 Å². The van der Waals surface area contributed by atoms with E-state index in [1.54, 1.807) is 0 Å². The second kappa shape index (κ2) is 10.6. The molecule has 2 heterocycles. The van der Waals surface area contributed by atoms with Crippen molar-refractivity contribution in [3.8, 4) is 0 Å². The first-order valence-corrected chi connectivity index (χ1v) is 9.36. The second-order valence-corrected chi connectivity index (χ2v) is 7.09. The van der Waals surface area contributed by atoms with Crippen LogP contribution in [0.25, 0.3) is 0 Å². The van der Waals surface area contributed by atoms with Gasteiger partial charge < -0.3 is 10.6 Å². The molecule has 20 heavy (non-hydrogen) atoms. The van der Waals surface area contributed by atoms with Crippen LogP contribution in [0.1, 0.15) is 77.0 Å². The van der Waals surface area contributed by atoms with Crippen molar-refractivity contribution in [2.45, 2.75) is 77.0 Å². The van der Waals surface area contributed by atoms with Crippen LogP contribution < -0.4 is 10.6 Å². The highest BCUT2D eigenvalue weighted by atomic mass is 14.9. The zero-order valence-corrected chi connectivity index (χ0v) is 13.5. The first kappa shape index (κ1) is 16.3. The molecule has 0 bridgehead atoms. The van der Waals surface area contributed by atoms with Crippen LogP contribution in [0.5, 0.6) is 0 Å². The molecule has 0 aliphatic carbocycles. The molecule has 0 aromatic carbocycles. The predicted molar refractivity (Wildman–Crippen MR) is 88.1 cm³/mol. The molecule has 0 atom stereocenters. The molecule has 0 amide bonds. The average Bonchev–Trinajstić information content (AvgIpc) is 2.52. The van der Waals surface area contributed by atoms with Gasteiger partial charge in [0.15, 0.2) is 0 Å². The normalized spacial score (nSPS) is 22.2. The van der Waals surface area contributed by atoms with Crippen LogP contribution >= 0.6 is 0 Å². The molecular weight excluding hydrogens is 244 g/mol. The van der Waals surface area contributed by atoms with Crippen LogP contribution in [0.3, 0.4) is 0 Å². The number of nitrogens with one attached hydrogen (secondary N) is 2. The minimum Gasteiger partial charge on any atom is -0.317 e. The molecule has 2 nitrogen and oxygen atoms in total. The van der Waals surface area contributed by atoms with Crippen molar-refractivity contribution in [3.05, 3.63) is 0 Å². The summed E-state index contributed by atoms with van der Waals surface area (Å²) in [6, 6.07) is 0. The lowest BCUT2D eigenvalue weighted by Crippen LogP contribution is -2.27. The van der Waals surface area contributed by atoms with Crippen LogP contribution in [-0.4, -0.2) is 26.2 Å². The molecule has 0 radical (unpaired) electrons. The summed E-state index contributed by atoms with van der Waals surface area (Å²) < 4.78 is 0. The van der Waals surface area contributed by atoms with Crippen molar-refractivity contribution in [2.24, 2.45) is 11.8 Å².